The number of hydrogen-bond acceptors (Lipinski definition) is 5. The summed E-state index contributed by atoms with van der Waals surface area (Å²) in [7, 11) is -3.67. The Morgan fingerprint density at radius 1 is 1.40 bits per heavy atom. The molecule has 80 valence electrons. The van der Waals surface area contributed by atoms with Gasteiger partial charge in [0.1, 0.15) is 6.26 Å². The number of benzene rings is 1. The summed E-state index contributed by atoms with van der Waals surface area (Å²) < 4.78 is 22.2. The zero-order valence-corrected chi connectivity index (χ0v) is 8.44. The van der Waals surface area contributed by atoms with E-state index in [1.54, 1.807) is 18.3 Å². The molecule has 15 heavy (non-hydrogen) atoms. The van der Waals surface area contributed by atoms with Crippen LogP contribution in [0, 0.1) is 0 Å². The maximum atomic E-state index is 11.1. The number of nitrogens with zero attached hydrogens (tertiary/aromatic N) is 1. The highest BCUT2D eigenvalue weighted by Gasteiger charge is 2.12. The lowest BCUT2D eigenvalue weighted by Gasteiger charge is -2.14. The highest BCUT2D eigenvalue weighted by atomic mass is 32.2. The molecule has 3 N–H and O–H groups in total. The topological polar surface area (TPSA) is 84.7 Å². The van der Waals surface area contributed by atoms with Crippen LogP contribution in [0.1, 0.15) is 0 Å². The lowest BCUT2D eigenvalue weighted by molar-refractivity contribution is 0.159. The zero-order chi connectivity index (χ0) is 10.9. The minimum absolute atomic E-state index is 0.0575. The molecule has 2 rings (SSSR count). The van der Waals surface area contributed by atoms with E-state index in [1.165, 1.54) is 23.4 Å². The quantitative estimate of drug-likeness (QED) is 0.746. The number of hydrazine groups is 1. The molecule has 6 nitrogen and oxygen atoms in total. The Labute approximate surface area is 86.9 Å². The first-order valence-corrected chi connectivity index (χ1v) is 5.62. The normalized spacial score (nSPS) is 15.4. The number of nitrogens with two attached hydrogens (primary N) is 1. The van der Waals surface area contributed by atoms with E-state index >= 15 is 0 Å². The van der Waals surface area contributed by atoms with Crippen molar-refractivity contribution in [3.63, 3.8) is 0 Å². The van der Waals surface area contributed by atoms with E-state index in [4.69, 9.17) is 9.98 Å². The molecule has 1 aromatic rings. The van der Waals surface area contributed by atoms with Gasteiger partial charge < -0.3 is 4.84 Å². The summed E-state index contributed by atoms with van der Waals surface area (Å²) in [4.78, 5) is 4.81. The Hall–Kier alpha value is -1.57. The van der Waals surface area contributed by atoms with Gasteiger partial charge in [-0.15, -0.1) is 0 Å². The molecule has 1 aliphatic heterocycles. The predicted molar refractivity (Wildman–Crippen MR) is 53.7 cm³/mol. The molecule has 0 radical (unpaired) electrons. The molecule has 0 aliphatic carbocycles. The standard InChI is InChI=1S/C8H9N3O3S/c9-15(12,13)8-3-1-2-7(6-8)11-4-5-14-10-11/h1-6,10H,(H2,9,12,13). The predicted octanol–water partition coefficient (Wildman–Crippen LogP) is 0.0614. The van der Waals surface area contributed by atoms with Crippen LogP contribution >= 0.6 is 0 Å². The highest BCUT2D eigenvalue weighted by molar-refractivity contribution is 7.89. The number of rotatable bonds is 2. The second-order valence-electron chi connectivity index (χ2n) is 2.91. The molecule has 0 saturated carbocycles. The van der Waals surface area contributed by atoms with Gasteiger partial charge in [-0.25, -0.2) is 18.6 Å². The van der Waals surface area contributed by atoms with Gasteiger partial charge in [0, 0.05) is 0 Å². The van der Waals surface area contributed by atoms with Crippen molar-refractivity contribution in [1.82, 2.24) is 5.59 Å². The van der Waals surface area contributed by atoms with E-state index in [2.05, 4.69) is 5.59 Å². The first-order valence-electron chi connectivity index (χ1n) is 4.07. The third kappa shape index (κ3) is 2.09. The fourth-order valence-electron chi connectivity index (χ4n) is 1.16. The summed E-state index contributed by atoms with van der Waals surface area (Å²) >= 11 is 0. The second kappa shape index (κ2) is 3.54. The number of anilines is 1. The van der Waals surface area contributed by atoms with Crippen molar-refractivity contribution < 1.29 is 13.3 Å². The van der Waals surface area contributed by atoms with Crippen molar-refractivity contribution in [2.75, 3.05) is 5.01 Å². The van der Waals surface area contributed by atoms with Gasteiger partial charge in [0.05, 0.1) is 16.8 Å². The molecule has 1 aliphatic rings. The molecule has 1 heterocycles. The molecule has 0 saturated heterocycles. The van der Waals surface area contributed by atoms with Crippen LogP contribution in [0.15, 0.2) is 41.6 Å². The number of primary sulfonamides is 1. The van der Waals surface area contributed by atoms with Crippen molar-refractivity contribution >= 4 is 15.7 Å². The van der Waals surface area contributed by atoms with Gasteiger partial charge >= 0.3 is 0 Å². The van der Waals surface area contributed by atoms with Gasteiger partial charge in [-0.3, -0.25) is 0 Å². The van der Waals surface area contributed by atoms with E-state index in [-0.39, 0.29) is 4.90 Å². The second-order valence-corrected chi connectivity index (χ2v) is 4.47. The first-order chi connectivity index (χ1) is 7.07. The molecular weight excluding hydrogens is 218 g/mol. The van der Waals surface area contributed by atoms with Crippen LogP contribution in [0.4, 0.5) is 5.69 Å². The number of hydrogen-bond donors (Lipinski definition) is 2. The summed E-state index contributed by atoms with van der Waals surface area (Å²) in [5.74, 6) is 0. The van der Waals surface area contributed by atoms with Crippen molar-refractivity contribution in [3.05, 3.63) is 36.7 Å². The van der Waals surface area contributed by atoms with Gasteiger partial charge in [-0.05, 0) is 18.2 Å². The summed E-state index contributed by atoms with van der Waals surface area (Å²) in [6, 6.07) is 6.20. The maximum absolute atomic E-state index is 11.1. The van der Waals surface area contributed by atoms with Crippen molar-refractivity contribution in [2.45, 2.75) is 4.90 Å². The van der Waals surface area contributed by atoms with Crippen LogP contribution in [0.5, 0.6) is 0 Å². The molecule has 7 heteroatoms. The van der Waals surface area contributed by atoms with Crippen LogP contribution in [0.2, 0.25) is 0 Å². The minimum Gasteiger partial charge on any atom is -0.395 e. The lowest BCUT2D eigenvalue weighted by atomic mass is 10.3. The Morgan fingerprint density at radius 3 is 2.80 bits per heavy atom. The van der Waals surface area contributed by atoms with E-state index in [1.807, 2.05) is 0 Å². The average Bonchev–Trinajstić information content (AvgIpc) is 2.69. The molecule has 0 bridgehead atoms. The molecule has 0 unspecified atom stereocenters. The van der Waals surface area contributed by atoms with Crippen LogP contribution in [0.25, 0.3) is 0 Å². The fourth-order valence-corrected chi connectivity index (χ4v) is 1.71. The molecular formula is C8H9N3O3S. The monoisotopic (exact) mass is 227 g/mol. The Morgan fingerprint density at radius 2 is 2.20 bits per heavy atom. The van der Waals surface area contributed by atoms with Crippen molar-refractivity contribution in [2.24, 2.45) is 5.14 Å². The highest BCUT2D eigenvalue weighted by Crippen LogP contribution is 2.18. The van der Waals surface area contributed by atoms with Crippen LogP contribution in [0.3, 0.4) is 0 Å². The lowest BCUT2D eigenvalue weighted by Crippen LogP contribution is -2.27. The minimum atomic E-state index is -3.67. The van der Waals surface area contributed by atoms with Gasteiger partial charge in [-0.2, -0.15) is 0 Å². The average molecular weight is 227 g/mol. The largest absolute Gasteiger partial charge is 0.395 e. The molecule has 1 aromatic carbocycles. The first kappa shape index (κ1) is 9.97. The third-order valence-corrected chi connectivity index (χ3v) is 2.76. The molecule has 0 aromatic heterocycles. The smallest absolute Gasteiger partial charge is 0.238 e. The third-order valence-electron chi connectivity index (χ3n) is 1.85. The van der Waals surface area contributed by atoms with E-state index in [0.717, 1.165) is 0 Å². The van der Waals surface area contributed by atoms with Crippen LogP contribution < -0.4 is 15.7 Å². The Balaban J connectivity index is 2.38. The van der Waals surface area contributed by atoms with Crippen LogP contribution in [-0.4, -0.2) is 8.42 Å². The summed E-state index contributed by atoms with van der Waals surface area (Å²) in [5.41, 5.74) is 3.16. The van der Waals surface area contributed by atoms with Gasteiger partial charge in [0.25, 0.3) is 0 Å². The van der Waals surface area contributed by atoms with E-state index in [0.29, 0.717) is 5.69 Å². The molecule has 0 atom stereocenters. The fraction of sp³-hybridized carbons (Fsp3) is 0. The van der Waals surface area contributed by atoms with Gasteiger partial charge in [0.15, 0.2) is 0 Å². The Kier molecular flexibility index (Phi) is 2.35. The van der Waals surface area contributed by atoms with E-state index in [9.17, 15) is 8.42 Å². The summed E-state index contributed by atoms with van der Waals surface area (Å²) in [5, 5.41) is 6.53. The number of nitrogens with one attached hydrogen (secondary N) is 1. The Bertz CT molecular complexity index is 498. The molecule has 0 fully saturated rings. The van der Waals surface area contributed by atoms with Crippen molar-refractivity contribution in [3.8, 4) is 0 Å². The van der Waals surface area contributed by atoms with Gasteiger partial charge in [0.2, 0.25) is 10.0 Å². The zero-order valence-electron chi connectivity index (χ0n) is 7.62. The van der Waals surface area contributed by atoms with Crippen LogP contribution in [-0.2, 0) is 14.9 Å². The van der Waals surface area contributed by atoms with Crippen molar-refractivity contribution in [1.29, 1.82) is 0 Å². The van der Waals surface area contributed by atoms with E-state index < -0.39 is 10.0 Å². The summed E-state index contributed by atoms with van der Waals surface area (Å²) in [6.07, 6.45) is 3.05. The molecule has 0 spiro atoms. The molecule has 0 amide bonds. The SMILES string of the molecule is NS(=O)(=O)c1cccc(N2C=CON2)c1. The number of sulfonamides is 1. The maximum Gasteiger partial charge on any atom is 0.238 e. The van der Waals surface area contributed by atoms with Gasteiger partial charge in [-0.1, -0.05) is 11.7 Å². The summed E-state index contributed by atoms with van der Waals surface area (Å²) in [6.45, 7) is 0.